The van der Waals surface area contributed by atoms with Gasteiger partial charge < -0.3 is 10.2 Å². The van der Waals surface area contributed by atoms with E-state index in [-0.39, 0.29) is 17.5 Å². The number of amides is 1. The van der Waals surface area contributed by atoms with Crippen molar-refractivity contribution in [3.05, 3.63) is 22.4 Å². The van der Waals surface area contributed by atoms with Gasteiger partial charge in [0.15, 0.2) is 0 Å². The molecule has 20 heavy (non-hydrogen) atoms. The molecule has 1 aliphatic carbocycles. The zero-order chi connectivity index (χ0) is 14.6. The van der Waals surface area contributed by atoms with Gasteiger partial charge in [-0.15, -0.1) is 11.3 Å². The van der Waals surface area contributed by atoms with Crippen LogP contribution < -0.4 is 5.32 Å². The lowest BCUT2D eigenvalue weighted by atomic mass is 9.79. The van der Waals surface area contributed by atoms with Gasteiger partial charge in [-0.05, 0) is 38.3 Å². The lowest BCUT2D eigenvalue weighted by Gasteiger charge is -2.38. The molecular weight excluding hydrogens is 268 g/mol. The molecule has 1 aromatic rings. The van der Waals surface area contributed by atoms with Crippen LogP contribution in [-0.2, 0) is 4.79 Å². The van der Waals surface area contributed by atoms with Gasteiger partial charge >= 0.3 is 0 Å². The average molecular weight is 294 g/mol. The average Bonchev–Trinajstić information content (AvgIpc) is 3.00. The van der Waals surface area contributed by atoms with Crippen LogP contribution in [0.5, 0.6) is 0 Å². The molecule has 1 N–H and O–H groups in total. The maximum atomic E-state index is 12.6. The number of thiophene rings is 1. The molecule has 0 aromatic carbocycles. The Kier molecular flexibility index (Phi) is 5.22. The standard InChI is InChI=1S/C16H26N2OS/c1-13(14-8-7-11-20-14)18(3)15(19)12-16(17-2)9-5-4-6-10-16/h7-8,11,13,17H,4-6,9-10,12H2,1-3H3. The molecule has 0 radical (unpaired) electrons. The minimum atomic E-state index is 0.0266. The van der Waals surface area contributed by atoms with E-state index in [9.17, 15) is 4.79 Å². The normalized spacial score (nSPS) is 19.6. The van der Waals surface area contributed by atoms with E-state index in [0.29, 0.717) is 6.42 Å². The van der Waals surface area contributed by atoms with Gasteiger partial charge in [-0.3, -0.25) is 4.79 Å². The van der Waals surface area contributed by atoms with Crippen molar-refractivity contribution in [3.8, 4) is 0 Å². The molecule has 3 nitrogen and oxygen atoms in total. The van der Waals surface area contributed by atoms with E-state index in [1.807, 2.05) is 25.1 Å². The van der Waals surface area contributed by atoms with E-state index < -0.39 is 0 Å². The lowest BCUT2D eigenvalue weighted by Crippen LogP contribution is -2.48. The van der Waals surface area contributed by atoms with Crippen LogP contribution in [0.1, 0.15) is 56.4 Å². The second-order valence-electron chi connectivity index (χ2n) is 5.96. The van der Waals surface area contributed by atoms with Crippen molar-refractivity contribution in [1.82, 2.24) is 10.2 Å². The third-order valence-electron chi connectivity index (χ3n) is 4.76. The number of carbonyl (C=O) groups is 1. The molecule has 0 aliphatic heterocycles. The highest BCUT2D eigenvalue weighted by molar-refractivity contribution is 7.10. The summed E-state index contributed by atoms with van der Waals surface area (Å²) >= 11 is 1.72. The Morgan fingerprint density at radius 1 is 1.45 bits per heavy atom. The smallest absolute Gasteiger partial charge is 0.224 e. The summed E-state index contributed by atoms with van der Waals surface area (Å²) < 4.78 is 0. The van der Waals surface area contributed by atoms with E-state index in [4.69, 9.17) is 0 Å². The summed E-state index contributed by atoms with van der Waals surface area (Å²) in [5.74, 6) is 0.252. The first-order valence-electron chi connectivity index (χ1n) is 7.56. The van der Waals surface area contributed by atoms with E-state index in [1.54, 1.807) is 11.3 Å². The Labute approximate surface area is 126 Å². The number of rotatable bonds is 5. The first-order valence-corrected chi connectivity index (χ1v) is 8.44. The van der Waals surface area contributed by atoms with Crippen molar-refractivity contribution in [2.75, 3.05) is 14.1 Å². The van der Waals surface area contributed by atoms with E-state index in [2.05, 4.69) is 23.7 Å². The van der Waals surface area contributed by atoms with Gasteiger partial charge in [0.2, 0.25) is 5.91 Å². The first-order chi connectivity index (χ1) is 9.58. The summed E-state index contributed by atoms with van der Waals surface area (Å²) in [4.78, 5) is 15.8. The van der Waals surface area contributed by atoms with Crippen LogP contribution in [0.2, 0.25) is 0 Å². The first kappa shape index (κ1) is 15.5. The van der Waals surface area contributed by atoms with Gasteiger partial charge in [0.1, 0.15) is 0 Å². The molecule has 1 heterocycles. The van der Waals surface area contributed by atoms with Gasteiger partial charge in [-0.25, -0.2) is 0 Å². The quantitative estimate of drug-likeness (QED) is 0.900. The number of hydrogen-bond donors (Lipinski definition) is 1. The van der Waals surface area contributed by atoms with Gasteiger partial charge in [0.05, 0.1) is 6.04 Å². The fraction of sp³-hybridized carbons (Fsp3) is 0.688. The zero-order valence-electron chi connectivity index (χ0n) is 12.8. The summed E-state index contributed by atoms with van der Waals surface area (Å²) in [6.45, 7) is 2.11. The van der Waals surface area contributed by atoms with Crippen molar-refractivity contribution in [1.29, 1.82) is 0 Å². The SMILES string of the molecule is CNC1(CC(=O)N(C)C(C)c2cccs2)CCCCC1. The van der Waals surface area contributed by atoms with Crippen LogP contribution in [0.25, 0.3) is 0 Å². The fourth-order valence-electron chi connectivity index (χ4n) is 3.09. The predicted molar refractivity (Wildman–Crippen MR) is 85.0 cm³/mol. The van der Waals surface area contributed by atoms with Gasteiger partial charge in [0, 0.05) is 23.9 Å². The molecule has 2 rings (SSSR count). The minimum absolute atomic E-state index is 0.0266. The van der Waals surface area contributed by atoms with Crippen LogP contribution in [-0.4, -0.2) is 30.4 Å². The highest BCUT2D eigenvalue weighted by Crippen LogP contribution is 2.32. The fourth-order valence-corrected chi connectivity index (χ4v) is 3.92. The molecule has 1 unspecified atom stereocenters. The van der Waals surface area contributed by atoms with E-state index in [1.165, 1.54) is 24.1 Å². The summed E-state index contributed by atoms with van der Waals surface area (Å²) in [5.41, 5.74) is 0.0266. The van der Waals surface area contributed by atoms with Crippen molar-refractivity contribution < 1.29 is 4.79 Å². The molecule has 1 saturated carbocycles. The third-order valence-corrected chi connectivity index (χ3v) is 5.80. The third kappa shape index (κ3) is 3.41. The molecule has 1 amide bonds. The highest BCUT2D eigenvalue weighted by Gasteiger charge is 2.34. The van der Waals surface area contributed by atoms with Gasteiger partial charge in [-0.1, -0.05) is 25.3 Å². The van der Waals surface area contributed by atoms with E-state index >= 15 is 0 Å². The predicted octanol–water partition coefficient (Wildman–Crippen LogP) is 3.58. The monoisotopic (exact) mass is 294 g/mol. The summed E-state index contributed by atoms with van der Waals surface area (Å²) in [6.07, 6.45) is 6.64. The van der Waals surface area contributed by atoms with Crippen LogP contribution in [0, 0.1) is 0 Å². The molecule has 0 saturated heterocycles. The Morgan fingerprint density at radius 2 is 2.15 bits per heavy atom. The molecule has 1 atom stereocenters. The maximum absolute atomic E-state index is 12.6. The Balaban J connectivity index is 1.99. The molecular formula is C16H26N2OS. The molecule has 1 aliphatic rings. The van der Waals surface area contributed by atoms with E-state index in [0.717, 1.165) is 12.8 Å². The molecule has 112 valence electrons. The highest BCUT2D eigenvalue weighted by atomic mass is 32.1. The van der Waals surface area contributed by atoms with Crippen LogP contribution in [0.15, 0.2) is 17.5 Å². The van der Waals surface area contributed by atoms with Crippen LogP contribution >= 0.6 is 11.3 Å². The molecule has 0 spiro atoms. The Bertz CT molecular complexity index is 424. The maximum Gasteiger partial charge on any atom is 0.224 e. The second kappa shape index (κ2) is 6.72. The van der Waals surface area contributed by atoms with Crippen molar-refractivity contribution in [2.24, 2.45) is 0 Å². The van der Waals surface area contributed by atoms with Crippen LogP contribution in [0.3, 0.4) is 0 Å². The molecule has 4 heteroatoms. The van der Waals surface area contributed by atoms with Gasteiger partial charge in [0.25, 0.3) is 0 Å². The number of nitrogens with one attached hydrogen (secondary N) is 1. The number of carbonyl (C=O) groups excluding carboxylic acids is 1. The Morgan fingerprint density at radius 3 is 2.70 bits per heavy atom. The van der Waals surface area contributed by atoms with Crippen molar-refractivity contribution >= 4 is 17.2 Å². The summed E-state index contributed by atoms with van der Waals surface area (Å²) in [6, 6.07) is 4.32. The van der Waals surface area contributed by atoms with Crippen molar-refractivity contribution in [3.63, 3.8) is 0 Å². The van der Waals surface area contributed by atoms with Crippen LogP contribution in [0.4, 0.5) is 0 Å². The van der Waals surface area contributed by atoms with Gasteiger partial charge in [-0.2, -0.15) is 0 Å². The number of nitrogens with zero attached hydrogens (tertiary/aromatic N) is 1. The largest absolute Gasteiger partial charge is 0.338 e. The second-order valence-corrected chi connectivity index (χ2v) is 6.94. The lowest BCUT2D eigenvalue weighted by molar-refractivity contribution is -0.133. The number of hydrogen-bond acceptors (Lipinski definition) is 3. The molecule has 1 fully saturated rings. The Hall–Kier alpha value is -0.870. The molecule has 1 aromatic heterocycles. The zero-order valence-corrected chi connectivity index (χ0v) is 13.6. The molecule has 0 bridgehead atoms. The van der Waals surface area contributed by atoms with Crippen molar-refractivity contribution in [2.45, 2.75) is 57.0 Å². The minimum Gasteiger partial charge on any atom is -0.338 e. The summed E-state index contributed by atoms with van der Waals surface area (Å²) in [7, 11) is 3.93. The topological polar surface area (TPSA) is 32.3 Å². The summed E-state index contributed by atoms with van der Waals surface area (Å²) in [5, 5.41) is 5.50.